The van der Waals surface area contributed by atoms with Crippen molar-refractivity contribution in [2.24, 2.45) is 0 Å². The van der Waals surface area contributed by atoms with Gasteiger partial charge in [0.15, 0.2) is 0 Å². The Hall–Kier alpha value is -2.32. The van der Waals surface area contributed by atoms with Gasteiger partial charge in [-0.2, -0.15) is 4.31 Å². The number of benzene rings is 2. The molecule has 0 saturated carbocycles. The monoisotopic (exact) mass is 354 g/mol. The molecular formula is C16H16F2N2O3S. The lowest BCUT2D eigenvalue weighted by atomic mass is 10.2. The highest BCUT2D eigenvalue weighted by Gasteiger charge is 2.23. The van der Waals surface area contributed by atoms with Crippen LogP contribution >= 0.6 is 0 Å². The van der Waals surface area contributed by atoms with Crippen molar-refractivity contribution >= 4 is 21.6 Å². The lowest BCUT2D eigenvalue weighted by Crippen LogP contribution is -2.35. The van der Waals surface area contributed by atoms with Crippen molar-refractivity contribution < 1.29 is 22.0 Å². The Balaban J connectivity index is 2.12. The third-order valence-electron chi connectivity index (χ3n) is 3.32. The number of rotatable bonds is 5. The van der Waals surface area contributed by atoms with Crippen LogP contribution in [0, 0.1) is 18.6 Å². The largest absolute Gasteiger partial charge is 0.320 e. The summed E-state index contributed by atoms with van der Waals surface area (Å²) in [5.74, 6) is -2.73. The normalized spacial score (nSPS) is 11.5. The highest BCUT2D eigenvalue weighted by atomic mass is 32.2. The molecule has 1 amide bonds. The van der Waals surface area contributed by atoms with Gasteiger partial charge >= 0.3 is 0 Å². The number of amides is 1. The van der Waals surface area contributed by atoms with Gasteiger partial charge in [-0.15, -0.1) is 0 Å². The smallest absolute Gasteiger partial charge is 0.243 e. The Morgan fingerprint density at radius 1 is 1.08 bits per heavy atom. The van der Waals surface area contributed by atoms with Crippen LogP contribution in [-0.2, 0) is 14.8 Å². The predicted molar refractivity (Wildman–Crippen MR) is 86.0 cm³/mol. The van der Waals surface area contributed by atoms with Gasteiger partial charge in [-0.05, 0) is 31.2 Å². The third-order valence-corrected chi connectivity index (χ3v) is 5.14. The van der Waals surface area contributed by atoms with Gasteiger partial charge < -0.3 is 5.32 Å². The van der Waals surface area contributed by atoms with Gasteiger partial charge in [0.25, 0.3) is 0 Å². The molecule has 2 aromatic rings. The van der Waals surface area contributed by atoms with Gasteiger partial charge in [0, 0.05) is 7.05 Å². The Labute approximate surface area is 139 Å². The van der Waals surface area contributed by atoms with E-state index in [1.54, 1.807) is 12.1 Å². The predicted octanol–water partition coefficient (Wildman–Crippen LogP) is 2.53. The average molecular weight is 354 g/mol. The van der Waals surface area contributed by atoms with Crippen LogP contribution in [0.25, 0.3) is 0 Å². The first-order chi connectivity index (χ1) is 11.2. The molecule has 24 heavy (non-hydrogen) atoms. The van der Waals surface area contributed by atoms with Crippen LogP contribution in [0.5, 0.6) is 0 Å². The molecule has 2 aromatic carbocycles. The first-order valence-corrected chi connectivity index (χ1v) is 8.42. The van der Waals surface area contributed by atoms with Crippen molar-refractivity contribution in [2.45, 2.75) is 11.8 Å². The quantitative estimate of drug-likeness (QED) is 0.897. The first-order valence-electron chi connectivity index (χ1n) is 6.98. The molecule has 0 aliphatic heterocycles. The zero-order chi connectivity index (χ0) is 17.9. The topological polar surface area (TPSA) is 66.5 Å². The number of sulfonamides is 1. The number of para-hydroxylation sites is 1. The minimum Gasteiger partial charge on any atom is -0.320 e. The molecule has 1 N–H and O–H groups in total. The van der Waals surface area contributed by atoms with Crippen molar-refractivity contribution in [3.63, 3.8) is 0 Å². The van der Waals surface area contributed by atoms with E-state index in [-0.39, 0.29) is 4.90 Å². The maximum atomic E-state index is 13.5. The van der Waals surface area contributed by atoms with E-state index in [1.807, 2.05) is 12.2 Å². The molecule has 0 spiro atoms. The molecule has 0 fully saturated rings. The van der Waals surface area contributed by atoms with E-state index in [1.165, 1.54) is 19.2 Å². The highest BCUT2D eigenvalue weighted by molar-refractivity contribution is 7.89. The van der Waals surface area contributed by atoms with Gasteiger partial charge in [0.2, 0.25) is 15.9 Å². The second-order valence-corrected chi connectivity index (χ2v) is 7.26. The van der Waals surface area contributed by atoms with E-state index in [9.17, 15) is 22.0 Å². The minimum atomic E-state index is -3.88. The fourth-order valence-corrected chi connectivity index (χ4v) is 3.10. The summed E-state index contributed by atoms with van der Waals surface area (Å²) >= 11 is 0. The van der Waals surface area contributed by atoms with Crippen molar-refractivity contribution in [3.8, 4) is 0 Å². The summed E-state index contributed by atoms with van der Waals surface area (Å²) in [5.41, 5.74) is 0.285. The van der Waals surface area contributed by atoms with Gasteiger partial charge in [-0.25, -0.2) is 17.2 Å². The second kappa shape index (κ2) is 7.06. The molecular weight excluding hydrogens is 338 g/mol. The molecule has 5 nitrogen and oxygen atoms in total. The van der Waals surface area contributed by atoms with Crippen LogP contribution in [0.1, 0.15) is 5.56 Å². The minimum absolute atomic E-state index is 0.0282. The van der Waals surface area contributed by atoms with E-state index in [0.717, 1.165) is 28.1 Å². The zero-order valence-corrected chi connectivity index (χ0v) is 13.9. The van der Waals surface area contributed by atoms with E-state index in [4.69, 9.17) is 0 Å². The number of nitrogens with one attached hydrogen (secondary N) is 1. The molecule has 0 bridgehead atoms. The number of aryl methyl sites for hydroxylation is 1. The molecule has 0 aromatic heterocycles. The Kier molecular flexibility index (Phi) is 5.30. The molecule has 0 atom stereocenters. The standard InChI is InChI=1S/C16H16F2N2O3S/c1-11-6-8-12(9-7-11)24(22,23)20(2)10-15(21)19-16-13(17)4-3-5-14(16)18/h3-9H,10H2,1-2H3,(H,19,21). The molecule has 2 rings (SSSR count). The summed E-state index contributed by atoms with van der Waals surface area (Å²) in [7, 11) is -2.66. The molecule has 0 heterocycles. The molecule has 0 radical (unpaired) electrons. The second-order valence-electron chi connectivity index (χ2n) is 5.22. The van der Waals surface area contributed by atoms with Crippen LogP contribution < -0.4 is 5.32 Å². The average Bonchev–Trinajstić information content (AvgIpc) is 2.51. The molecule has 0 aliphatic rings. The number of anilines is 1. The maximum absolute atomic E-state index is 13.5. The Morgan fingerprint density at radius 2 is 1.62 bits per heavy atom. The van der Waals surface area contributed by atoms with Gasteiger partial charge in [0.1, 0.15) is 17.3 Å². The number of nitrogens with zero attached hydrogens (tertiary/aromatic N) is 1. The lowest BCUT2D eigenvalue weighted by molar-refractivity contribution is -0.116. The van der Waals surface area contributed by atoms with Crippen molar-refractivity contribution in [1.29, 1.82) is 0 Å². The molecule has 0 saturated heterocycles. The molecule has 8 heteroatoms. The maximum Gasteiger partial charge on any atom is 0.243 e. The molecule has 128 valence electrons. The summed E-state index contributed by atoms with van der Waals surface area (Å²) in [5, 5.41) is 2.05. The number of carbonyl (C=O) groups excluding carboxylic acids is 1. The van der Waals surface area contributed by atoms with E-state index in [2.05, 4.69) is 0 Å². The number of hydrogen-bond acceptors (Lipinski definition) is 3. The van der Waals surface area contributed by atoms with Crippen molar-refractivity contribution in [3.05, 3.63) is 59.7 Å². The van der Waals surface area contributed by atoms with Crippen LogP contribution in [-0.4, -0.2) is 32.2 Å². The van der Waals surface area contributed by atoms with Crippen LogP contribution in [0.15, 0.2) is 47.4 Å². The summed E-state index contributed by atoms with van der Waals surface area (Å²) in [6, 6.07) is 9.27. The third kappa shape index (κ3) is 3.95. The van der Waals surface area contributed by atoms with E-state index < -0.39 is 39.8 Å². The summed E-state index contributed by atoms with van der Waals surface area (Å²) in [4.78, 5) is 11.9. The Morgan fingerprint density at radius 3 is 2.17 bits per heavy atom. The number of likely N-dealkylation sites (N-methyl/N-ethyl adjacent to an activating group) is 1. The Bertz CT molecular complexity index is 832. The van der Waals surface area contributed by atoms with Gasteiger partial charge in [-0.1, -0.05) is 23.8 Å². The number of hydrogen-bond donors (Lipinski definition) is 1. The highest BCUT2D eigenvalue weighted by Crippen LogP contribution is 2.19. The summed E-state index contributed by atoms with van der Waals surface area (Å²) in [6.07, 6.45) is 0. The van der Waals surface area contributed by atoms with Crippen molar-refractivity contribution in [2.75, 3.05) is 18.9 Å². The number of carbonyl (C=O) groups is 1. The SMILES string of the molecule is Cc1ccc(S(=O)(=O)N(C)CC(=O)Nc2c(F)cccc2F)cc1. The fourth-order valence-electron chi connectivity index (χ4n) is 1.97. The van der Waals surface area contributed by atoms with Crippen LogP contribution in [0.3, 0.4) is 0 Å². The fraction of sp³-hybridized carbons (Fsp3) is 0.188. The van der Waals surface area contributed by atoms with E-state index in [0.29, 0.717) is 0 Å². The van der Waals surface area contributed by atoms with Gasteiger partial charge in [-0.3, -0.25) is 4.79 Å². The summed E-state index contributed by atoms with van der Waals surface area (Å²) < 4.78 is 52.5. The zero-order valence-electron chi connectivity index (χ0n) is 13.1. The van der Waals surface area contributed by atoms with Gasteiger partial charge in [0.05, 0.1) is 11.4 Å². The van der Waals surface area contributed by atoms with Crippen LogP contribution in [0.2, 0.25) is 0 Å². The van der Waals surface area contributed by atoms with Crippen LogP contribution in [0.4, 0.5) is 14.5 Å². The first kappa shape index (κ1) is 18.0. The lowest BCUT2D eigenvalue weighted by Gasteiger charge is -2.17. The van der Waals surface area contributed by atoms with E-state index >= 15 is 0 Å². The number of halogens is 2. The van der Waals surface area contributed by atoms with Crippen molar-refractivity contribution in [1.82, 2.24) is 4.31 Å². The summed E-state index contributed by atoms with van der Waals surface area (Å²) in [6.45, 7) is 1.24. The molecule has 0 aliphatic carbocycles. The molecule has 0 unspecified atom stereocenters.